The van der Waals surface area contributed by atoms with Crippen LogP contribution in [0, 0.1) is 0 Å². The van der Waals surface area contributed by atoms with E-state index >= 15 is 0 Å². The third-order valence-electron chi connectivity index (χ3n) is 1.14. The number of carboxylic acid groups (broad SMARTS) is 1. The van der Waals surface area contributed by atoms with Gasteiger partial charge in [0.2, 0.25) is 5.78 Å². The Morgan fingerprint density at radius 1 is 1.50 bits per heavy atom. The number of carboxylic acids is 1. The predicted molar refractivity (Wildman–Crippen MR) is 43.4 cm³/mol. The summed E-state index contributed by atoms with van der Waals surface area (Å²) in [5.74, 6) is -2.69. The summed E-state index contributed by atoms with van der Waals surface area (Å²) in [6.07, 6.45) is 2.43. The van der Waals surface area contributed by atoms with Crippen LogP contribution in [0.1, 0.15) is 4.88 Å². The summed E-state index contributed by atoms with van der Waals surface area (Å²) in [5, 5.41) is 11.8. The Morgan fingerprint density at radius 2 is 2.25 bits per heavy atom. The maximum atomic E-state index is 10.5. The van der Waals surface area contributed by atoms with Gasteiger partial charge < -0.3 is 9.90 Å². The van der Waals surface area contributed by atoms with Crippen LogP contribution in [-0.4, -0.2) is 11.8 Å². The SMILES string of the molecule is O=C([O-])C(=O)/C=C/c1cccs1. The van der Waals surface area contributed by atoms with E-state index in [0.29, 0.717) is 0 Å². The van der Waals surface area contributed by atoms with E-state index in [-0.39, 0.29) is 0 Å². The van der Waals surface area contributed by atoms with Crippen molar-refractivity contribution in [3.05, 3.63) is 28.5 Å². The molecular formula is C8H5O3S-. The van der Waals surface area contributed by atoms with Crippen molar-refractivity contribution in [2.24, 2.45) is 0 Å². The normalized spacial score (nSPS) is 10.3. The summed E-state index contributed by atoms with van der Waals surface area (Å²) in [6.45, 7) is 0. The molecule has 1 aromatic heterocycles. The van der Waals surface area contributed by atoms with Crippen LogP contribution in [0.4, 0.5) is 0 Å². The number of carbonyl (C=O) groups excluding carboxylic acids is 2. The van der Waals surface area contributed by atoms with Crippen LogP contribution < -0.4 is 5.11 Å². The largest absolute Gasteiger partial charge is 0.541 e. The molecule has 0 unspecified atom stereocenters. The molecule has 0 aliphatic heterocycles. The lowest BCUT2D eigenvalue weighted by Crippen LogP contribution is -2.29. The van der Waals surface area contributed by atoms with Crippen molar-refractivity contribution in [1.82, 2.24) is 0 Å². The van der Waals surface area contributed by atoms with Crippen molar-refractivity contribution in [2.45, 2.75) is 0 Å². The molecule has 12 heavy (non-hydrogen) atoms. The molecule has 0 saturated carbocycles. The molecular weight excluding hydrogens is 176 g/mol. The molecule has 0 atom stereocenters. The number of hydrogen-bond acceptors (Lipinski definition) is 4. The van der Waals surface area contributed by atoms with Gasteiger partial charge in [0.1, 0.15) is 5.97 Å². The summed E-state index contributed by atoms with van der Waals surface area (Å²) in [6, 6.07) is 3.59. The second kappa shape index (κ2) is 3.82. The van der Waals surface area contributed by atoms with E-state index < -0.39 is 11.8 Å². The van der Waals surface area contributed by atoms with Gasteiger partial charge in [-0.25, -0.2) is 0 Å². The monoisotopic (exact) mass is 181 g/mol. The van der Waals surface area contributed by atoms with Crippen molar-refractivity contribution < 1.29 is 14.7 Å². The Hall–Kier alpha value is -1.42. The van der Waals surface area contributed by atoms with Gasteiger partial charge in [0.25, 0.3) is 0 Å². The Balaban J connectivity index is 2.63. The number of rotatable bonds is 3. The van der Waals surface area contributed by atoms with Gasteiger partial charge in [-0.1, -0.05) is 6.07 Å². The third kappa shape index (κ3) is 2.32. The second-order valence-electron chi connectivity index (χ2n) is 2.00. The molecule has 0 N–H and O–H groups in total. The average molecular weight is 181 g/mol. The number of ketones is 1. The van der Waals surface area contributed by atoms with Crippen molar-refractivity contribution in [2.75, 3.05) is 0 Å². The molecule has 1 aromatic rings. The molecule has 0 fully saturated rings. The van der Waals surface area contributed by atoms with Crippen LogP contribution in [0.3, 0.4) is 0 Å². The lowest BCUT2D eigenvalue weighted by molar-refractivity contribution is -0.299. The molecule has 0 amide bonds. The molecule has 0 spiro atoms. The highest BCUT2D eigenvalue weighted by molar-refractivity contribution is 7.10. The smallest absolute Gasteiger partial charge is 0.201 e. The molecule has 0 radical (unpaired) electrons. The maximum Gasteiger partial charge on any atom is 0.201 e. The van der Waals surface area contributed by atoms with Gasteiger partial charge in [0, 0.05) is 4.88 Å². The van der Waals surface area contributed by atoms with E-state index in [9.17, 15) is 14.7 Å². The highest BCUT2D eigenvalue weighted by atomic mass is 32.1. The highest BCUT2D eigenvalue weighted by Gasteiger charge is 1.95. The molecule has 1 rings (SSSR count). The van der Waals surface area contributed by atoms with Crippen molar-refractivity contribution >= 4 is 29.2 Å². The minimum Gasteiger partial charge on any atom is -0.541 e. The quantitative estimate of drug-likeness (QED) is 0.490. The van der Waals surface area contributed by atoms with E-state index in [0.717, 1.165) is 11.0 Å². The number of aliphatic carboxylic acids is 1. The standard InChI is InChI=1S/C8H6O3S/c9-7(8(10)11)4-3-6-2-1-5-12-6/h1-5H,(H,10,11)/p-1/b4-3+. The van der Waals surface area contributed by atoms with E-state index in [4.69, 9.17) is 0 Å². The van der Waals surface area contributed by atoms with Gasteiger partial charge >= 0.3 is 0 Å². The van der Waals surface area contributed by atoms with Gasteiger partial charge in [-0.3, -0.25) is 4.79 Å². The first-order valence-corrected chi connectivity index (χ1v) is 4.05. The van der Waals surface area contributed by atoms with Crippen LogP contribution in [0.25, 0.3) is 6.08 Å². The molecule has 0 aliphatic carbocycles. The summed E-state index contributed by atoms with van der Waals surface area (Å²) in [7, 11) is 0. The van der Waals surface area contributed by atoms with Crippen LogP contribution in [-0.2, 0) is 9.59 Å². The molecule has 1 heterocycles. The van der Waals surface area contributed by atoms with Crippen LogP contribution >= 0.6 is 11.3 Å². The number of thiophene rings is 1. The highest BCUT2D eigenvalue weighted by Crippen LogP contribution is 2.09. The Labute approximate surface area is 73.0 Å². The van der Waals surface area contributed by atoms with Gasteiger partial charge in [0.15, 0.2) is 0 Å². The predicted octanol–water partition coefficient (Wildman–Crippen LogP) is 0.0803. The van der Waals surface area contributed by atoms with E-state index in [1.54, 1.807) is 6.07 Å². The van der Waals surface area contributed by atoms with Gasteiger partial charge in [-0.05, 0) is 23.6 Å². The summed E-state index contributed by atoms with van der Waals surface area (Å²) in [5.41, 5.74) is 0. The number of carbonyl (C=O) groups is 2. The fourth-order valence-corrected chi connectivity index (χ4v) is 1.23. The molecule has 0 aromatic carbocycles. The lowest BCUT2D eigenvalue weighted by Gasteiger charge is -1.91. The maximum absolute atomic E-state index is 10.5. The Kier molecular flexibility index (Phi) is 2.76. The van der Waals surface area contributed by atoms with Crippen molar-refractivity contribution in [3.63, 3.8) is 0 Å². The molecule has 0 bridgehead atoms. The summed E-state index contributed by atoms with van der Waals surface area (Å²) in [4.78, 5) is 21.3. The zero-order chi connectivity index (χ0) is 8.97. The third-order valence-corrected chi connectivity index (χ3v) is 1.98. The van der Waals surface area contributed by atoms with Crippen LogP contribution in [0.2, 0.25) is 0 Å². The molecule has 3 nitrogen and oxygen atoms in total. The first kappa shape index (κ1) is 8.67. The number of hydrogen-bond donors (Lipinski definition) is 0. The second-order valence-corrected chi connectivity index (χ2v) is 2.98. The van der Waals surface area contributed by atoms with Crippen molar-refractivity contribution in [1.29, 1.82) is 0 Å². The fraction of sp³-hybridized carbons (Fsp3) is 0. The minimum absolute atomic E-state index is 0.838. The molecule has 0 aliphatic rings. The zero-order valence-corrected chi connectivity index (χ0v) is 6.84. The first-order chi connectivity index (χ1) is 5.70. The van der Waals surface area contributed by atoms with Gasteiger partial charge in [0.05, 0.1) is 0 Å². The summed E-state index contributed by atoms with van der Waals surface area (Å²) < 4.78 is 0. The summed E-state index contributed by atoms with van der Waals surface area (Å²) >= 11 is 1.42. The minimum atomic E-state index is -1.68. The van der Waals surface area contributed by atoms with E-state index in [1.165, 1.54) is 17.4 Å². The van der Waals surface area contributed by atoms with Crippen LogP contribution in [0.15, 0.2) is 23.6 Å². The Morgan fingerprint density at radius 3 is 2.75 bits per heavy atom. The average Bonchev–Trinajstić information content (AvgIpc) is 2.51. The zero-order valence-electron chi connectivity index (χ0n) is 6.02. The fourth-order valence-electron chi connectivity index (χ4n) is 0.612. The van der Waals surface area contributed by atoms with E-state index in [1.807, 2.05) is 11.4 Å². The molecule has 0 saturated heterocycles. The van der Waals surface area contributed by atoms with Gasteiger partial charge in [-0.2, -0.15) is 0 Å². The molecule has 62 valence electrons. The molecule has 4 heteroatoms. The van der Waals surface area contributed by atoms with E-state index in [2.05, 4.69) is 0 Å². The Bertz CT molecular complexity index is 311. The topological polar surface area (TPSA) is 57.2 Å². The van der Waals surface area contributed by atoms with Gasteiger partial charge in [-0.15, -0.1) is 11.3 Å². The van der Waals surface area contributed by atoms with Crippen molar-refractivity contribution in [3.8, 4) is 0 Å². The first-order valence-electron chi connectivity index (χ1n) is 3.17. The van der Waals surface area contributed by atoms with Crippen LogP contribution in [0.5, 0.6) is 0 Å². The lowest BCUT2D eigenvalue weighted by atomic mass is 10.3.